The lowest BCUT2D eigenvalue weighted by atomic mass is 10.1. The topological polar surface area (TPSA) is 55.6 Å². The fourth-order valence-corrected chi connectivity index (χ4v) is 1.95. The molecule has 0 saturated heterocycles. The second-order valence-electron chi connectivity index (χ2n) is 4.97. The van der Waals surface area contributed by atoms with Crippen molar-refractivity contribution in [3.05, 3.63) is 5.82 Å². The third-order valence-corrected chi connectivity index (χ3v) is 3.23. The van der Waals surface area contributed by atoms with Crippen LogP contribution in [0.15, 0.2) is 0 Å². The summed E-state index contributed by atoms with van der Waals surface area (Å²) in [6, 6.07) is 0. The molecule has 0 fully saturated rings. The Morgan fingerprint density at radius 2 is 2.12 bits per heavy atom. The van der Waals surface area contributed by atoms with Gasteiger partial charge in [-0.1, -0.05) is 6.92 Å². The smallest absolute Gasteiger partial charge is 0.165 e. The number of aromatic nitrogens is 4. The van der Waals surface area contributed by atoms with Gasteiger partial charge in [0.25, 0.3) is 0 Å². The number of tetrazole rings is 1. The molecule has 0 unspecified atom stereocenters. The van der Waals surface area contributed by atoms with Crippen molar-refractivity contribution in [2.45, 2.75) is 52.7 Å². The summed E-state index contributed by atoms with van der Waals surface area (Å²) in [4.78, 5) is 0. The maximum absolute atomic E-state index is 4.05. The van der Waals surface area contributed by atoms with Gasteiger partial charge in [-0.2, -0.15) is 11.8 Å². The predicted molar refractivity (Wildman–Crippen MR) is 72.0 cm³/mol. The zero-order valence-corrected chi connectivity index (χ0v) is 12.0. The van der Waals surface area contributed by atoms with Crippen LogP contribution in [-0.2, 0) is 13.1 Å². The van der Waals surface area contributed by atoms with E-state index in [2.05, 4.69) is 48.5 Å². The van der Waals surface area contributed by atoms with Gasteiger partial charge < -0.3 is 5.32 Å². The highest BCUT2D eigenvalue weighted by Crippen LogP contribution is 2.04. The van der Waals surface area contributed by atoms with Gasteiger partial charge in [-0.3, -0.25) is 0 Å². The molecule has 0 aromatic carbocycles. The Morgan fingerprint density at radius 1 is 1.35 bits per heavy atom. The number of aryl methyl sites for hydroxylation is 1. The molecule has 1 heterocycles. The van der Waals surface area contributed by atoms with Gasteiger partial charge in [0.1, 0.15) is 0 Å². The minimum absolute atomic E-state index is 0.0921. The van der Waals surface area contributed by atoms with Gasteiger partial charge in [0, 0.05) is 12.1 Å². The van der Waals surface area contributed by atoms with E-state index in [4.69, 9.17) is 0 Å². The molecule has 17 heavy (non-hydrogen) atoms. The zero-order valence-electron chi connectivity index (χ0n) is 11.2. The highest BCUT2D eigenvalue weighted by molar-refractivity contribution is 7.99. The standard InChI is InChI=1S/C11H23N5S/c1-5-17-8-6-7-16-10(13-14-15-16)9-12-11(2,3)4/h12H,5-9H2,1-4H3. The second-order valence-corrected chi connectivity index (χ2v) is 6.37. The van der Waals surface area contributed by atoms with Crippen LogP contribution in [0.5, 0.6) is 0 Å². The Morgan fingerprint density at radius 3 is 2.76 bits per heavy atom. The van der Waals surface area contributed by atoms with E-state index in [-0.39, 0.29) is 5.54 Å². The fourth-order valence-electron chi connectivity index (χ4n) is 1.33. The van der Waals surface area contributed by atoms with Crippen LogP contribution in [0.2, 0.25) is 0 Å². The minimum atomic E-state index is 0.0921. The summed E-state index contributed by atoms with van der Waals surface area (Å²) in [5.41, 5.74) is 0.0921. The van der Waals surface area contributed by atoms with Crippen LogP contribution in [0.25, 0.3) is 0 Å². The molecule has 0 atom stereocenters. The van der Waals surface area contributed by atoms with E-state index in [1.165, 1.54) is 11.5 Å². The van der Waals surface area contributed by atoms with Gasteiger partial charge in [0.05, 0.1) is 6.54 Å². The van der Waals surface area contributed by atoms with Gasteiger partial charge in [-0.15, -0.1) is 5.10 Å². The van der Waals surface area contributed by atoms with Crippen molar-refractivity contribution < 1.29 is 0 Å². The van der Waals surface area contributed by atoms with Crippen LogP contribution in [-0.4, -0.2) is 37.3 Å². The average molecular weight is 257 g/mol. The molecule has 1 N–H and O–H groups in total. The van der Waals surface area contributed by atoms with Crippen LogP contribution in [0.3, 0.4) is 0 Å². The van der Waals surface area contributed by atoms with Crippen LogP contribution in [0, 0.1) is 0 Å². The van der Waals surface area contributed by atoms with Crippen molar-refractivity contribution in [3.63, 3.8) is 0 Å². The fraction of sp³-hybridized carbons (Fsp3) is 0.909. The Bertz CT molecular complexity index is 318. The molecule has 0 aliphatic heterocycles. The van der Waals surface area contributed by atoms with Gasteiger partial charge in [0.2, 0.25) is 0 Å². The van der Waals surface area contributed by atoms with Crippen LogP contribution in [0.4, 0.5) is 0 Å². The Balaban J connectivity index is 2.37. The van der Waals surface area contributed by atoms with Crippen molar-refractivity contribution in [2.24, 2.45) is 0 Å². The number of rotatable bonds is 7. The third-order valence-electron chi connectivity index (χ3n) is 2.25. The summed E-state index contributed by atoms with van der Waals surface area (Å²) in [7, 11) is 0. The maximum Gasteiger partial charge on any atom is 0.165 e. The first-order chi connectivity index (χ1) is 8.03. The lowest BCUT2D eigenvalue weighted by Crippen LogP contribution is -2.36. The van der Waals surface area contributed by atoms with E-state index in [0.29, 0.717) is 0 Å². The lowest BCUT2D eigenvalue weighted by molar-refractivity contribution is 0.407. The zero-order chi connectivity index (χ0) is 12.7. The van der Waals surface area contributed by atoms with Gasteiger partial charge in [-0.25, -0.2) is 4.68 Å². The molecule has 0 saturated carbocycles. The second kappa shape index (κ2) is 6.96. The number of hydrogen-bond donors (Lipinski definition) is 1. The summed E-state index contributed by atoms with van der Waals surface area (Å²) in [6.45, 7) is 10.2. The van der Waals surface area contributed by atoms with Crippen LogP contribution < -0.4 is 5.32 Å². The normalized spacial score (nSPS) is 12.0. The molecule has 0 aliphatic rings. The quantitative estimate of drug-likeness (QED) is 0.754. The molecule has 1 aromatic rings. The van der Waals surface area contributed by atoms with Crippen molar-refractivity contribution in [2.75, 3.05) is 11.5 Å². The molecule has 5 nitrogen and oxygen atoms in total. The third kappa shape index (κ3) is 6.02. The van der Waals surface area contributed by atoms with Crippen molar-refractivity contribution in [1.29, 1.82) is 0 Å². The maximum atomic E-state index is 4.05. The molecule has 0 aliphatic carbocycles. The largest absolute Gasteiger partial charge is 0.305 e. The van der Waals surface area contributed by atoms with Crippen molar-refractivity contribution in [1.82, 2.24) is 25.5 Å². The molecule has 0 bridgehead atoms. The molecule has 0 amide bonds. The summed E-state index contributed by atoms with van der Waals surface area (Å²) >= 11 is 1.96. The summed E-state index contributed by atoms with van der Waals surface area (Å²) < 4.78 is 1.90. The van der Waals surface area contributed by atoms with Gasteiger partial charge >= 0.3 is 0 Å². The molecule has 1 aromatic heterocycles. The van der Waals surface area contributed by atoms with E-state index in [0.717, 1.165) is 25.3 Å². The van der Waals surface area contributed by atoms with Crippen molar-refractivity contribution >= 4 is 11.8 Å². The molecule has 1 rings (SSSR count). The monoisotopic (exact) mass is 257 g/mol. The average Bonchev–Trinajstić information content (AvgIpc) is 2.68. The van der Waals surface area contributed by atoms with Crippen LogP contribution in [0.1, 0.15) is 39.9 Å². The Labute approximate surface area is 108 Å². The Kier molecular flexibility index (Phi) is 5.91. The molecular weight excluding hydrogens is 234 g/mol. The number of hydrogen-bond acceptors (Lipinski definition) is 5. The summed E-state index contributed by atoms with van der Waals surface area (Å²) in [5, 5.41) is 15.2. The number of nitrogens with zero attached hydrogens (tertiary/aromatic N) is 4. The molecular formula is C11H23N5S. The molecule has 6 heteroatoms. The molecule has 0 spiro atoms. The van der Waals surface area contributed by atoms with Gasteiger partial charge in [-0.05, 0) is 49.1 Å². The van der Waals surface area contributed by atoms with E-state index >= 15 is 0 Å². The highest BCUT2D eigenvalue weighted by Gasteiger charge is 2.12. The predicted octanol–water partition coefficient (Wildman–Crippen LogP) is 1.70. The first-order valence-corrected chi connectivity index (χ1v) is 7.26. The van der Waals surface area contributed by atoms with E-state index in [1.807, 2.05) is 16.4 Å². The Hall–Kier alpha value is -0.620. The summed E-state index contributed by atoms with van der Waals surface area (Å²) in [6.07, 6.45) is 1.12. The summed E-state index contributed by atoms with van der Waals surface area (Å²) in [5.74, 6) is 3.26. The van der Waals surface area contributed by atoms with E-state index < -0.39 is 0 Å². The van der Waals surface area contributed by atoms with E-state index in [1.54, 1.807) is 0 Å². The lowest BCUT2D eigenvalue weighted by Gasteiger charge is -2.19. The molecule has 0 radical (unpaired) electrons. The number of thioether (sulfide) groups is 1. The van der Waals surface area contributed by atoms with Crippen molar-refractivity contribution in [3.8, 4) is 0 Å². The highest BCUT2D eigenvalue weighted by atomic mass is 32.2. The minimum Gasteiger partial charge on any atom is -0.305 e. The first kappa shape index (κ1) is 14.4. The SMILES string of the molecule is CCSCCCn1nnnc1CNC(C)(C)C. The first-order valence-electron chi connectivity index (χ1n) is 6.11. The molecule has 98 valence electrons. The van der Waals surface area contributed by atoms with Crippen LogP contribution >= 0.6 is 11.8 Å². The number of nitrogens with one attached hydrogen (secondary N) is 1. The van der Waals surface area contributed by atoms with E-state index in [9.17, 15) is 0 Å². The van der Waals surface area contributed by atoms with Gasteiger partial charge in [0.15, 0.2) is 5.82 Å².